The van der Waals surface area contributed by atoms with E-state index in [0.29, 0.717) is 6.04 Å². The third-order valence-corrected chi connectivity index (χ3v) is 2.59. The molecule has 1 fully saturated rings. The van der Waals surface area contributed by atoms with Crippen LogP contribution >= 0.6 is 12.4 Å². The second kappa shape index (κ2) is 5.23. The van der Waals surface area contributed by atoms with E-state index in [0.717, 1.165) is 19.6 Å². The van der Waals surface area contributed by atoms with Crippen molar-refractivity contribution in [3.63, 3.8) is 0 Å². The quantitative estimate of drug-likeness (QED) is 0.765. The molecule has 1 aliphatic heterocycles. The highest BCUT2D eigenvalue weighted by Gasteiger charge is 2.17. The number of halogens is 1. The normalized spacial score (nSPS) is 21.5. The maximum atomic E-state index is 3.39. The lowest BCUT2D eigenvalue weighted by molar-refractivity contribution is 0.501. The van der Waals surface area contributed by atoms with Crippen LogP contribution in [-0.4, -0.2) is 25.7 Å². The fourth-order valence-corrected chi connectivity index (χ4v) is 1.84. The zero-order valence-corrected chi connectivity index (χ0v) is 9.26. The Morgan fingerprint density at radius 3 is 2.64 bits per heavy atom. The van der Waals surface area contributed by atoms with Crippen molar-refractivity contribution in [2.75, 3.05) is 24.5 Å². The molecule has 0 amide bonds. The van der Waals surface area contributed by atoms with Crippen molar-refractivity contribution in [1.29, 1.82) is 0 Å². The van der Waals surface area contributed by atoms with Crippen LogP contribution in [0.25, 0.3) is 0 Å². The minimum Gasteiger partial charge on any atom is -0.366 e. The van der Waals surface area contributed by atoms with E-state index in [9.17, 15) is 0 Å². The summed E-state index contributed by atoms with van der Waals surface area (Å²) in [5, 5.41) is 3.39. The van der Waals surface area contributed by atoms with Gasteiger partial charge in [-0.25, -0.2) is 0 Å². The molecule has 2 rings (SSSR count). The standard InChI is InChI=1S/C11H16N2.ClH/c1-10-9-12-7-8-13(10)11-5-3-2-4-6-11;/h2-6,10,12H,7-9H2,1H3;1H. The van der Waals surface area contributed by atoms with Crippen molar-refractivity contribution >= 4 is 18.1 Å². The summed E-state index contributed by atoms with van der Waals surface area (Å²) in [6.45, 7) is 5.57. The van der Waals surface area contributed by atoms with Crippen molar-refractivity contribution in [2.45, 2.75) is 13.0 Å². The van der Waals surface area contributed by atoms with Crippen LogP contribution in [0.2, 0.25) is 0 Å². The summed E-state index contributed by atoms with van der Waals surface area (Å²) in [6, 6.07) is 11.2. The Hall–Kier alpha value is -0.730. The van der Waals surface area contributed by atoms with Gasteiger partial charge in [0.15, 0.2) is 0 Å². The fraction of sp³-hybridized carbons (Fsp3) is 0.455. The molecular formula is C11H17ClN2. The number of rotatable bonds is 1. The van der Waals surface area contributed by atoms with Crippen LogP contribution in [0.3, 0.4) is 0 Å². The first-order valence-corrected chi connectivity index (χ1v) is 4.90. The first-order chi connectivity index (χ1) is 6.38. The van der Waals surface area contributed by atoms with Gasteiger partial charge >= 0.3 is 0 Å². The predicted molar refractivity (Wildman–Crippen MR) is 63.4 cm³/mol. The second-order valence-electron chi connectivity index (χ2n) is 3.58. The Morgan fingerprint density at radius 2 is 2.00 bits per heavy atom. The molecule has 78 valence electrons. The van der Waals surface area contributed by atoms with Gasteiger partial charge in [0.2, 0.25) is 0 Å². The van der Waals surface area contributed by atoms with Gasteiger partial charge in [0, 0.05) is 31.4 Å². The van der Waals surface area contributed by atoms with Crippen LogP contribution in [0.1, 0.15) is 6.92 Å². The lowest BCUT2D eigenvalue weighted by Crippen LogP contribution is -2.49. The topological polar surface area (TPSA) is 15.3 Å². The van der Waals surface area contributed by atoms with Crippen LogP contribution in [0, 0.1) is 0 Å². The van der Waals surface area contributed by atoms with Gasteiger partial charge in [-0.1, -0.05) is 18.2 Å². The number of hydrogen-bond acceptors (Lipinski definition) is 2. The van der Waals surface area contributed by atoms with Crippen molar-refractivity contribution < 1.29 is 0 Å². The molecular weight excluding hydrogens is 196 g/mol. The van der Waals surface area contributed by atoms with Crippen LogP contribution in [0.5, 0.6) is 0 Å². The molecule has 1 aliphatic rings. The smallest absolute Gasteiger partial charge is 0.0386 e. The van der Waals surface area contributed by atoms with E-state index < -0.39 is 0 Å². The SMILES string of the molecule is CC1CNCCN1c1ccccc1.Cl. The molecule has 0 saturated carbocycles. The summed E-state index contributed by atoms with van der Waals surface area (Å²) >= 11 is 0. The predicted octanol–water partition coefficient (Wildman–Crippen LogP) is 1.91. The van der Waals surface area contributed by atoms with E-state index >= 15 is 0 Å². The van der Waals surface area contributed by atoms with Gasteiger partial charge in [-0.2, -0.15) is 0 Å². The number of anilines is 1. The Balaban J connectivity index is 0.000000980. The van der Waals surface area contributed by atoms with Crippen molar-refractivity contribution in [3.05, 3.63) is 30.3 Å². The molecule has 3 heteroatoms. The molecule has 1 aromatic carbocycles. The highest BCUT2D eigenvalue weighted by Crippen LogP contribution is 2.16. The fourth-order valence-electron chi connectivity index (χ4n) is 1.84. The number of nitrogens with one attached hydrogen (secondary N) is 1. The van der Waals surface area contributed by atoms with Gasteiger partial charge in [-0.15, -0.1) is 12.4 Å². The number of piperazine rings is 1. The molecule has 0 radical (unpaired) electrons. The molecule has 14 heavy (non-hydrogen) atoms. The number of para-hydroxylation sites is 1. The Kier molecular flexibility index (Phi) is 4.23. The van der Waals surface area contributed by atoms with Gasteiger partial charge in [0.1, 0.15) is 0 Å². The Bertz CT molecular complexity index is 263. The first kappa shape index (κ1) is 11.3. The average molecular weight is 213 g/mol. The summed E-state index contributed by atoms with van der Waals surface area (Å²) < 4.78 is 0. The lowest BCUT2D eigenvalue weighted by Gasteiger charge is -2.35. The number of nitrogens with zero attached hydrogens (tertiary/aromatic N) is 1. The zero-order valence-electron chi connectivity index (χ0n) is 8.44. The Labute approximate surface area is 91.7 Å². The number of benzene rings is 1. The molecule has 1 atom stereocenters. The molecule has 1 unspecified atom stereocenters. The van der Waals surface area contributed by atoms with Gasteiger partial charge < -0.3 is 10.2 Å². The van der Waals surface area contributed by atoms with E-state index in [1.807, 2.05) is 0 Å². The number of hydrogen-bond donors (Lipinski definition) is 1. The summed E-state index contributed by atoms with van der Waals surface area (Å²) in [5.74, 6) is 0. The summed E-state index contributed by atoms with van der Waals surface area (Å²) in [4.78, 5) is 2.45. The molecule has 2 nitrogen and oxygen atoms in total. The second-order valence-corrected chi connectivity index (χ2v) is 3.58. The monoisotopic (exact) mass is 212 g/mol. The van der Waals surface area contributed by atoms with E-state index in [2.05, 4.69) is 47.5 Å². The Morgan fingerprint density at radius 1 is 1.29 bits per heavy atom. The van der Waals surface area contributed by atoms with Crippen LogP contribution in [0.4, 0.5) is 5.69 Å². The van der Waals surface area contributed by atoms with Crippen LogP contribution < -0.4 is 10.2 Å². The minimum absolute atomic E-state index is 0. The van der Waals surface area contributed by atoms with E-state index in [-0.39, 0.29) is 12.4 Å². The maximum Gasteiger partial charge on any atom is 0.0386 e. The molecule has 1 heterocycles. The highest BCUT2D eigenvalue weighted by atomic mass is 35.5. The molecule has 0 bridgehead atoms. The zero-order chi connectivity index (χ0) is 9.10. The summed E-state index contributed by atoms with van der Waals surface area (Å²) in [7, 11) is 0. The van der Waals surface area contributed by atoms with E-state index in [4.69, 9.17) is 0 Å². The van der Waals surface area contributed by atoms with Gasteiger partial charge in [-0.05, 0) is 19.1 Å². The summed E-state index contributed by atoms with van der Waals surface area (Å²) in [6.07, 6.45) is 0. The van der Waals surface area contributed by atoms with Crippen LogP contribution in [0.15, 0.2) is 30.3 Å². The largest absolute Gasteiger partial charge is 0.366 e. The average Bonchev–Trinajstić information content (AvgIpc) is 2.20. The molecule has 0 spiro atoms. The van der Waals surface area contributed by atoms with Crippen molar-refractivity contribution in [3.8, 4) is 0 Å². The third kappa shape index (κ3) is 2.40. The molecule has 0 aromatic heterocycles. The van der Waals surface area contributed by atoms with Crippen molar-refractivity contribution in [2.24, 2.45) is 0 Å². The molecule has 1 N–H and O–H groups in total. The maximum absolute atomic E-state index is 3.39. The van der Waals surface area contributed by atoms with Crippen LogP contribution in [-0.2, 0) is 0 Å². The van der Waals surface area contributed by atoms with Gasteiger partial charge in [0.25, 0.3) is 0 Å². The van der Waals surface area contributed by atoms with Gasteiger partial charge in [0.05, 0.1) is 0 Å². The molecule has 1 aromatic rings. The van der Waals surface area contributed by atoms with Gasteiger partial charge in [-0.3, -0.25) is 0 Å². The third-order valence-electron chi connectivity index (χ3n) is 2.59. The first-order valence-electron chi connectivity index (χ1n) is 4.90. The minimum atomic E-state index is 0. The molecule has 0 aliphatic carbocycles. The van der Waals surface area contributed by atoms with E-state index in [1.165, 1.54) is 5.69 Å². The van der Waals surface area contributed by atoms with E-state index in [1.54, 1.807) is 0 Å². The van der Waals surface area contributed by atoms with Crippen molar-refractivity contribution in [1.82, 2.24) is 5.32 Å². The molecule has 1 saturated heterocycles. The lowest BCUT2D eigenvalue weighted by atomic mass is 10.2. The highest BCUT2D eigenvalue weighted by molar-refractivity contribution is 5.85. The summed E-state index contributed by atoms with van der Waals surface area (Å²) in [5.41, 5.74) is 1.34.